The zero-order valence-corrected chi connectivity index (χ0v) is 10.1. The molecule has 2 nitrogen and oxygen atoms in total. The van der Waals surface area contributed by atoms with Crippen molar-refractivity contribution in [3.05, 3.63) is 52.8 Å². The van der Waals surface area contributed by atoms with Gasteiger partial charge in [0.05, 0.1) is 0 Å². The van der Waals surface area contributed by atoms with Gasteiger partial charge < -0.3 is 11.1 Å². The van der Waals surface area contributed by atoms with E-state index in [1.807, 2.05) is 19.1 Å². The van der Waals surface area contributed by atoms with Gasteiger partial charge in [0.15, 0.2) is 0 Å². The van der Waals surface area contributed by atoms with Gasteiger partial charge in [-0.05, 0) is 42.8 Å². The van der Waals surface area contributed by atoms with Crippen molar-refractivity contribution < 1.29 is 4.39 Å². The number of nitrogens with two attached hydrogens (primary N) is 1. The molecule has 17 heavy (non-hydrogen) atoms. The molecule has 0 aromatic heterocycles. The monoisotopic (exact) mass is 250 g/mol. The molecule has 0 unspecified atom stereocenters. The summed E-state index contributed by atoms with van der Waals surface area (Å²) in [5, 5.41) is 3.40. The lowest BCUT2D eigenvalue weighted by Gasteiger charge is -2.09. The minimum absolute atomic E-state index is 0.354. The van der Waals surface area contributed by atoms with Crippen molar-refractivity contribution in [1.82, 2.24) is 0 Å². The number of rotatable bonds is 2. The number of halogens is 2. The maximum atomic E-state index is 13.1. The highest BCUT2D eigenvalue weighted by Gasteiger charge is 2.01. The first-order chi connectivity index (χ1) is 8.04. The standard InChI is InChI=1S/C13H12ClFN2/c1-8-2-3-11(7-13(8)16)17-12-5-9(14)4-10(15)6-12/h2-7,17H,16H2,1H3. The summed E-state index contributed by atoms with van der Waals surface area (Å²) in [6.45, 7) is 1.93. The predicted molar refractivity (Wildman–Crippen MR) is 70.3 cm³/mol. The first-order valence-electron chi connectivity index (χ1n) is 5.14. The maximum absolute atomic E-state index is 13.1. The van der Waals surface area contributed by atoms with Crippen LogP contribution in [0.15, 0.2) is 36.4 Å². The van der Waals surface area contributed by atoms with Gasteiger partial charge in [-0.3, -0.25) is 0 Å². The lowest BCUT2D eigenvalue weighted by atomic mass is 10.2. The van der Waals surface area contributed by atoms with Crippen molar-refractivity contribution in [2.45, 2.75) is 6.92 Å². The van der Waals surface area contributed by atoms with Gasteiger partial charge in [0, 0.05) is 22.1 Å². The third-order valence-corrected chi connectivity index (χ3v) is 2.65. The molecule has 0 saturated carbocycles. The molecule has 0 aliphatic rings. The van der Waals surface area contributed by atoms with Crippen LogP contribution in [-0.2, 0) is 0 Å². The third kappa shape index (κ3) is 2.88. The summed E-state index contributed by atoms with van der Waals surface area (Å²) < 4.78 is 13.1. The van der Waals surface area contributed by atoms with E-state index in [4.69, 9.17) is 17.3 Å². The highest BCUT2D eigenvalue weighted by Crippen LogP contribution is 2.24. The Kier molecular flexibility index (Phi) is 3.20. The second kappa shape index (κ2) is 4.63. The molecule has 0 amide bonds. The number of anilines is 3. The minimum atomic E-state index is -0.375. The highest BCUT2D eigenvalue weighted by atomic mass is 35.5. The second-order valence-electron chi connectivity index (χ2n) is 3.85. The molecule has 0 spiro atoms. The van der Waals surface area contributed by atoms with Gasteiger partial charge in [-0.2, -0.15) is 0 Å². The lowest BCUT2D eigenvalue weighted by molar-refractivity contribution is 0.628. The molecule has 2 aromatic rings. The van der Waals surface area contributed by atoms with Crippen molar-refractivity contribution in [3.8, 4) is 0 Å². The van der Waals surface area contributed by atoms with Crippen molar-refractivity contribution >= 4 is 28.7 Å². The lowest BCUT2D eigenvalue weighted by Crippen LogP contribution is -1.94. The molecule has 0 aliphatic heterocycles. The molecule has 0 aliphatic carbocycles. The van der Waals surface area contributed by atoms with Crippen LogP contribution in [0.5, 0.6) is 0 Å². The molecule has 2 rings (SSSR count). The molecule has 3 N–H and O–H groups in total. The number of aryl methyl sites for hydroxylation is 1. The van der Waals surface area contributed by atoms with Gasteiger partial charge in [0.2, 0.25) is 0 Å². The summed E-state index contributed by atoms with van der Waals surface area (Å²) >= 11 is 5.77. The van der Waals surface area contributed by atoms with E-state index < -0.39 is 0 Å². The highest BCUT2D eigenvalue weighted by molar-refractivity contribution is 6.30. The molecular weight excluding hydrogens is 239 g/mol. The van der Waals surface area contributed by atoms with Gasteiger partial charge in [-0.25, -0.2) is 4.39 Å². The van der Waals surface area contributed by atoms with Gasteiger partial charge in [0.1, 0.15) is 5.82 Å². The fourth-order valence-corrected chi connectivity index (χ4v) is 1.73. The van der Waals surface area contributed by atoms with E-state index in [1.54, 1.807) is 12.1 Å². The average Bonchev–Trinajstić information content (AvgIpc) is 2.22. The summed E-state index contributed by atoms with van der Waals surface area (Å²) in [7, 11) is 0. The van der Waals surface area contributed by atoms with Gasteiger partial charge >= 0.3 is 0 Å². The molecule has 4 heteroatoms. The predicted octanol–water partition coefficient (Wildman–Crippen LogP) is 4.11. The van der Waals surface area contributed by atoms with Crippen LogP contribution in [0.2, 0.25) is 5.02 Å². The Labute approximate surface area is 104 Å². The normalized spacial score (nSPS) is 10.3. The van der Waals surface area contributed by atoms with Crippen molar-refractivity contribution in [2.75, 3.05) is 11.1 Å². The van der Waals surface area contributed by atoms with E-state index in [9.17, 15) is 4.39 Å². The molecule has 88 valence electrons. The number of nitrogens with one attached hydrogen (secondary N) is 1. The number of hydrogen-bond acceptors (Lipinski definition) is 2. The largest absolute Gasteiger partial charge is 0.398 e. The zero-order valence-electron chi connectivity index (χ0n) is 9.30. The zero-order chi connectivity index (χ0) is 12.4. The van der Waals surface area contributed by atoms with Gasteiger partial charge in [0.25, 0.3) is 0 Å². The van der Waals surface area contributed by atoms with E-state index >= 15 is 0 Å². The summed E-state index contributed by atoms with van der Waals surface area (Å²) in [5.41, 5.74) is 8.89. The molecule has 2 aromatic carbocycles. The second-order valence-corrected chi connectivity index (χ2v) is 4.29. The molecule has 0 radical (unpaired) electrons. The fraction of sp³-hybridized carbons (Fsp3) is 0.0769. The Balaban J connectivity index is 2.28. The van der Waals surface area contributed by atoms with Crippen LogP contribution < -0.4 is 11.1 Å². The third-order valence-electron chi connectivity index (χ3n) is 2.43. The molecule has 0 fully saturated rings. The molecule has 0 atom stereocenters. The Hall–Kier alpha value is -1.74. The van der Waals surface area contributed by atoms with Crippen LogP contribution in [0.4, 0.5) is 21.5 Å². The first-order valence-corrected chi connectivity index (χ1v) is 5.51. The number of benzene rings is 2. The average molecular weight is 251 g/mol. The molecule has 0 heterocycles. The van der Waals surface area contributed by atoms with Crippen LogP contribution in [-0.4, -0.2) is 0 Å². The van der Waals surface area contributed by atoms with E-state index in [0.717, 1.165) is 11.3 Å². The van der Waals surface area contributed by atoms with Crippen molar-refractivity contribution in [2.24, 2.45) is 0 Å². The van der Waals surface area contributed by atoms with Crippen LogP contribution in [0.25, 0.3) is 0 Å². The summed E-state index contributed by atoms with van der Waals surface area (Å²) in [5.74, 6) is -0.375. The molecular formula is C13H12ClFN2. The van der Waals surface area contributed by atoms with Crippen LogP contribution in [0.3, 0.4) is 0 Å². The first kappa shape index (κ1) is 11.7. The summed E-state index contributed by atoms with van der Waals surface area (Å²) in [4.78, 5) is 0. The van der Waals surface area contributed by atoms with Gasteiger partial charge in [-0.15, -0.1) is 0 Å². The quantitative estimate of drug-likeness (QED) is 0.787. The van der Waals surface area contributed by atoms with Crippen molar-refractivity contribution in [3.63, 3.8) is 0 Å². The van der Waals surface area contributed by atoms with E-state index in [0.29, 0.717) is 16.4 Å². The maximum Gasteiger partial charge on any atom is 0.126 e. The Morgan fingerprint density at radius 1 is 1.12 bits per heavy atom. The Morgan fingerprint density at radius 3 is 2.53 bits per heavy atom. The summed E-state index contributed by atoms with van der Waals surface area (Å²) in [6, 6.07) is 9.87. The molecule has 0 bridgehead atoms. The van der Waals surface area contributed by atoms with Crippen LogP contribution in [0, 0.1) is 12.7 Å². The minimum Gasteiger partial charge on any atom is -0.398 e. The Morgan fingerprint density at radius 2 is 1.88 bits per heavy atom. The summed E-state index contributed by atoms with van der Waals surface area (Å²) in [6.07, 6.45) is 0. The SMILES string of the molecule is Cc1ccc(Nc2cc(F)cc(Cl)c2)cc1N. The van der Waals surface area contributed by atoms with Crippen LogP contribution >= 0.6 is 11.6 Å². The number of nitrogen functional groups attached to an aromatic ring is 1. The van der Waals surface area contributed by atoms with Gasteiger partial charge in [-0.1, -0.05) is 17.7 Å². The molecule has 0 saturated heterocycles. The van der Waals surface area contributed by atoms with E-state index in [1.165, 1.54) is 12.1 Å². The topological polar surface area (TPSA) is 38.0 Å². The Bertz CT molecular complexity index is 535. The fourth-order valence-electron chi connectivity index (χ4n) is 1.51. The smallest absolute Gasteiger partial charge is 0.126 e. The van der Waals surface area contributed by atoms with E-state index in [-0.39, 0.29) is 5.82 Å². The van der Waals surface area contributed by atoms with E-state index in [2.05, 4.69) is 5.32 Å². The van der Waals surface area contributed by atoms with Crippen molar-refractivity contribution in [1.29, 1.82) is 0 Å². The number of hydrogen-bond donors (Lipinski definition) is 2. The van der Waals surface area contributed by atoms with Crippen LogP contribution in [0.1, 0.15) is 5.56 Å².